The molecule has 4 nitrogen and oxygen atoms in total. The van der Waals surface area contributed by atoms with E-state index in [0.717, 1.165) is 25.6 Å². The summed E-state index contributed by atoms with van der Waals surface area (Å²) < 4.78 is 0. The molecule has 106 valence electrons. The van der Waals surface area contributed by atoms with Crippen LogP contribution in [0, 0.1) is 17.2 Å². The van der Waals surface area contributed by atoms with Crippen LogP contribution in [-0.2, 0) is 0 Å². The van der Waals surface area contributed by atoms with Gasteiger partial charge in [-0.15, -0.1) is 0 Å². The number of hydrogen-bond acceptors (Lipinski definition) is 3. The number of rotatable bonds is 4. The van der Waals surface area contributed by atoms with Gasteiger partial charge in [0.05, 0.1) is 11.6 Å². The van der Waals surface area contributed by atoms with E-state index in [1.165, 1.54) is 12.8 Å². The molecule has 0 spiro atoms. The maximum Gasteiger partial charge on any atom is 0.251 e. The minimum atomic E-state index is -0.0696. The molecule has 1 amide bonds. The average Bonchev–Trinajstić information content (AvgIpc) is 2.49. The van der Waals surface area contributed by atoms with E-state index in [1.807, 2.05) is 6.07 Å². The highest BCUT2D eigenvalue weighted by Gasteiger charge is 2.15. The highest BCUT2D eigenvalue weighted by atomic mass is 16.1. The third-order valence-corrected chi connectivity index (χ3v) is 3.87. The second kappa shape index (κ2) is 7.06. The molecule has 0 aromatic heterocycles. The molecule has 1 aromatic rings. The van der Waals surface area contributed by atoms with Crippen LogP contribution in [0.3, 0.4) is 0 Å². The number of benzene rings is 1. The van der Waals surface area contributed by atoms with Gasteiger partial charge in [0.25, 0.3) is 5.91 Å². The Hall–Kier alpha value is -1.86. The fourth-order valence-electron chi connectivity index (χ4n) is 2.41. The predicted molar refractivity (Wildman–Crippen MR) is 78.3 cm³/mol. The van der Waals surface area contributed by atoms with E-state index < -0.39 is 0 Å². The van der Waals surface area contributed by atoms with Crippen LogP contribution in [0.2, 0.25) is 0 Å². The molecule has 1 aliphatic rings. The van der Waals surface area contributed by atoms with Crippen molar-refractivity contribution in [2.24, 2.45) is 5.92 Å². The number of nitrogens with one attached hydrogen (secondary N) is 1. The highest BCUT2D eigenvalue weighted by Crippen LogP contribution is 2.15. The predicted octanol–water partition coefficient (Wildman–Crippen LogP) is 2.02. The molecular formula is C16H21N3O. The number of hydrogen-bond donors (Lipinski definition) is 1. The number of amides is 1. The Labute approximate surface area is 120 Å². The van der Waals surface area contributed by atoms with Gasteiger partial charge in [0.15, 0.2) is 0 Å². The van der Waals surface area contributed by atoms with Gasteiger partial charge in [0.1, 0.15) is 0 Å². The monoisotopic (exact) mass is 271 g/mol. The average molecular weight is 271 g/mol. The van der Waals surface area contributed by atoms with E-state index in [1.54, 1.807) is 24.3 Å². The van der Waals surface area contributed by atoms with E-state index in [4.69, 9.17) is 5.26 Å². The van der Waals surface area contributed by atoms with Gasteiger partial charge in [-0.05, 0) is 56.1 Å². The Kier molecular flexibility index (Phi) is 5.14. The molecular weight excluding hydrogens is 250 g/mol. The van der Waals surface area contributed by atoms with Crippen LogP contribution in [0.5, 0.6) is 0 Å². The number of nitriles is 1. The summed E-state index contributed by atoms with van der Waals surface area (Å²) >= 11 is 0. The van der Waals surface area contributed by atoms with E-state index >= 15 is 0 Å². The van der Waals surface area contributed by atoms with E-state index in [9.17, 15) is 4.79 Å². The number of carbonyl (C=O) groups excluding carboxylic acids is 1. The van der Waals surface area contributed by atoms with Crippen LogP contribution in [0.15, 0.2) is 24.3 Å². The van der Waals surface area contributed by atoms with Crippen LogP contribution in [-0.4, -0.2) is 37.0 Å². The fourth-order valence-corrected chi connectivity index (χ4v) is 2.41. The molecule has 2 rings (SSSR count). The number of carbonyl (C=O) groups is 1. The number of piperidine rings is 1. The summed E-state index contributed by atoms with van der Waals surface area (Å²) in [7, 11) is 0. The first-order valence-corrected chi connectivity index (χ1v) is 7.20. The lowest BCUT2D eigenvalue weighted by molar-refractivity contribution is 0.0944. The van der Waals surface area contributed by atoms with Gasteiger partial charge in [-0.1, -0.05) is 6.92 Å². The first-order chi connectivity index (χ1) is 9.69. The topological polar surface area (TPSA) is 56.1 Å². The van der Waals surface area contributed by atoms with Crippen molar-refractivity contribution in [2.75, 3.05) is 26.2 Å². The summed E-state index contributed by atoms with van der Waals surface area (Å²) in [6.07, 6.45) is 2.51. The summed E-state index contributed by atoms with van der Waals surface area (Å²) in [6, 6.07) is 8.76. The quantitative estimate of drug-likeness (QED) is 0.911. The molecule has 0 atom stereocenters. The zero-order valence-corrected chi connectivity index (χ0v) is 11.9. The lowest BCUT2D eigenvalue weighted by Gasteiger charge is -2.30. The third kappa shape index (κ3) is 4.07. The van der Waals surface area contributed by atoms with Gasteiger partial charge in [-0.25, -0.2) is 0 Å². The van der Waals surface area contributed by atoms with Crippen molar-refractivity contribution in [3.8, 4) is 6.07 Å². The molecule has 4 heteroatoms. The summed E-state index contributed by atoms with van der Waals surface area (Å²) in [5.41, 5.74) is 1.18. The fraction of sp³-hybridized carbons (Fsp3) is 0.500. The molecule has 1 fully saturated rings. The third-order valence-electron chi connectivity index (χ3n) is 3.87. The minimum Gasteiger partial charge on any atom is -0.351 e. The Morgan fingerprint density at radius 1 is 1.35 bits per heavy atom. The largest absolute Gasteiger partial charge is 0.351 e. The smallest absolute Gasteiger partial charge is 0.251 e. The molecule has 1 saturated heterocycles. The molecule has 1 aliphatic heterocycles. The van der Waals surface area contributed by atoms with E-state index in [0.29, 0.717) is 17.7 Å². The highest BCUT2D eigenvalue weighted by molar-refractivity contribution is 5.94. The van der Waals surface area contributed by atoms with Crippen LogP contribution in [0.1, 0.15) is 35.7 Å². The molecule has 0 unspecified atom stereocenters. The maximum absolute atomic E-state index is 11.9. The van der Waals surface area contributed by atoms with Crippen molar-refractivity contribution in [1.29, 1.82) is 5.26 Å². The molecule has 1 heterocycles. The second-order valence-electron chi connectivity index (χ2n) is 5.47. The maximum atomic E-state index is 11.9. The lowest BCUT2D eigenvalue weighted by Crippen LogP contribution is -2.39. The van der Waals surface area contributed by atoms with Gasteiger partial charge in [-0.3, -0.25) is 4.79 Å². The van der Waals surface area contributed by atoms with Gasteiger partial charge in [-0.2, -0.15) is 5.26 Å². The Bertz CT molecular complexity index is 481. The molecule has 1 N–H and O–H groups in total. The summed E-state index contributed by atoms with van der Waals surface area (Å²) in [5, 5.41) is 11.6. The SMILES string of the molecule is CC1CCN(CCNC(=O)c2ccc(C#N)cc2)CC1. The Morgan fingerprint density at radius 3 is 2.60 bits per heavy atom. The van der Waals surface area contributed by atoms with Crippen molar-refractivity contribution in [2.45, 2.75) is 19.8 Å². The van der Waals surface area contributed by atoms with Gasteiger partial charge < -0.3 is 10.2 Å². The van der Waals surface area contributed by atoms with Crippen LogP contribution >= 0.6 is 0 Å². The summed E-state index contributed by atoms with van der Waals surface area (Å²) in [4.78, 5) is 14.3. The van der Waals surface area contributed by atoms with Crippen molar-refractivity contribution in [3.05, 3.63) is 35.4 Å². The number of nitrogens with zero attached hydrogens (tertiary/aromatic N) is 2. The molecule has 0 bridgehead atoms. The normalized spacial score (nSPS) is 16.6. The first-order valence-electron chi connectivity index (χ1n) is 7.20. The molecule has 0 radical (unpaired) electrons. The molecule has 0 saturated carbocycles. The van der Waals surface area contributed by atoms with Gasteiger partial charge in [0, 0.05) is 18.7 Å². The van der Waals surface area contributed by atoms with Crippen LogP contribution in [0.4, 0.5) is 0 Å². The van der Waals surface area contributed by atoms with Crippen LogP contribution < -0.4 is 5.32 Å². The van der Waals surface area contributed by atoms with Crippen LogP contribution in [0.25, 0.3) is 0 Å². The van der Waals surface area contributed by atoms with Crippen molar-refractivity contribution >= 4 is 5.91 Å². The van der Waals surface area contributed by atoms with E-state index in [-0.39, 0.29) is 5.91 Å². The minimum absolute atomic E-state index is 0.0696. The lowest BCUT2D eigenvalue weighted by atomic mass is 9.99. The summed E-state index contributed by atoms with van der Waals surface area (Å²) in [5.74, 6) is 0.763. The van der Waals surface area contributed by atoms with Crippen molar-refractivity contribution in [1.82, 2.24) is 10.2 Å². The van der Waals surface area contributed by atoms with E-state index in [2.05, 4.69) is 17.1 Å². The van der Waals surface area contributed by atoms with Crippen molar-refractivity contribution < 1.29 is 4.79 Å². The van der Waals surface area contributed by atoms with Gasteiger partial charge in [0.2, 0.25) is 0 Å². The first kappa shape index (κ1) is 14.5. The number of likely N-dealkylation sites (tertiary alicyclic amines) is 1. The zero-order chi connectivity index (χ0) is 14.4. The Balaban J connectivity index is 1.73. The molecule has 0 aliphatic carbocycles. The molecule has 20 heavy (non-hydrogen) atoms. The standard InChI is InChI=1S/C16H21N3O/c1-13-6-9-19(10-7-13)11-8-18-16(20)15-4-2-14(12-17)3-5-15/h2-5,13H,6-11H2,1H3,(H,18,20). The van der Waals surface area contributed by atoms with Gasteiger partial charge >= 0.3 is 0 Å². The summed E-state index contributed by atoms with van der Waals surface area (Å²) in [6.45, 7) is 6.15. The Morgan fingerprint density at radius 2 is 2.00 bits per heavy atom. The second-order valence-corrected chi connectivity index (χ2v) is 5.47. The molecule has 1 aromatic carbocycles. The van der Waals surface area contributed by atoms with Crippen molar-refractivity contribution in [3.63, 3.8) is 0 Å². The zero-order valence-electron chi connectivity index (χ0n) is 11.9.